The first kappa shape index (κ1) is 21.0. The molecule has 1 saturated heterocycles. The van der Waals surface area contributed by atoms with Crippen molar-refractivity contribution in [1.82, 2.24) is 4.31 Å². The van der Waals surface area contributed by atoms with Gasteiger partial charge in [-0.3, -0.25) is 4.79 Å². The first-order chi connectivity index (χ1) is 13.9. The van der Waals surface area contributed by atoms with E-state index in [-0.39, 0.29) is 22.8 Å². The predicted octanol–water partition coefficient (Wildman–Crippen LogP) is 2.80. The van der Waals surface area contributed by atoms with Gasteiger partial charge in [0, 0.05) is 13.1 Å². The van der Waals surface area contributed by atoms with Crippen molar-refractivity contribution in [2.75, 3.05) is 20.2 Å². The second kappa shape index (κ2) is 9.19. The SMILES string of the molecule is COC(=O)Cc1ccc(OC(=O)c2ccc(S(=O)(=O)N3CCCCC3)cc2)cc1. The van der Waals surface area contributed by atoms with E-state index in [0.717, 1.165) is 24.8 Å². The maximum absolute atomic E-state index is 12.7. The minimum atomic E-state index is -3.54. The Labute approximate surface area is 170 Å². The summed E-state index contributed by atoms with van der Waals surface area (Å²) in [6.45, 7) is 1.05. The lowest BCUT2D eigenvalue weighted by molar-refractivity contribution is -0.139. The first-order valence-electron chi connectivity index (χ1n) is 9.38. The van der Waals surface area contributed by atoms with E-state index >= 15 is 0 Å². The number of carbonyl (C=O) groups excluding carboxylic acids is 2. The van der Waals surface area contributed by atoms with Crippen LogP contribution >= 0.6 is 0 Å². The molecule has 1 fully saturated rings. The Bertz CT molecular complexity index is 961. The Kier molecular flexibility index (Phi) is 6.66. The molecule has 2 aromatic rings. The Balaban J connectivity index is 1.65. The molecule has 0 aliphatic carbocycles. The number of ether oxygens (including phenoxy) is 2. The molecule has 0 spiro atoms. The van der Waals surface area contributed by atoms with E-state index < -0.39 is 16.0 Å². The van der Waals surface area contributed by atoms with Crippen LogP contribution in [-0.4, -0.2) is 44.9 Å². The zero-order chi connectivity index (χ0) is 20.9. The molecule has 0 N–H and O–H groups in total. The van der Waals surface area contributed by atoms with Crippen LogP contribution in [0.25, 0.3) is 0 Å². The number of hydrogen-bond acceptors (Lipinski definition) is 6. The highest BCUT2D eigenvalue weighted by atomic mass is 32.2. The minimum absolute atomic E-state index is 0.137. The fourth-order valence-electron chi connectivity index (χ4n) is 3.10. The normalized spacial score (nSPS) is 14.9. The Morgan fingerprint density at radius 1 is 0.931 bits per heavy atom. The minimum Gasteiger partial charge on any atom is -0.469 e. The standard InChI is InChI=1S/C21H23NO6S/c1-27-20(23)15-16-5-9-18(10-6-16)28-21(24)17-7-11-19(12-8-17)29(25,26)22-13-3-2-4-14-22/h5-12H,2-4,13-15H2,1H3. The van der Waals surface area contributed by atoms with Crippen molar-refractivity contribution in [1.29, 1.82) is 0 Å². The molecule has 1 heterocycles. The van der Waals surface area contributed by atoms with Gasteiger partial charge in [-0.15, -0.1) is 0 Å². The third-order valence-corrected chi connectivity index (χ3v) is 6.67. The van der Waals surface area contributed by atoms with Crippen LogP contribution in [0.3, 0.4) is 0 Å². The molecule has 0 aromatic heterocycles. The summed E-state index contributed by atoms with van der Waals surface area (Å²) in [5, 5.41) is 0. The van der Waals surface area contributed by atoms with E-state index in [9.17, 15) is 18.0 Å². The van der Waals surface area contributed by atoms with Gasteiger partial charge in [0.25, 0.3) is 0 Å². The van der Waals surface area contributed by atoms with E-state index in [1.165, 1.54) is 35.7 Å². The molecular weight excluding hydrogens is 394 g/mol. The molecule has 3 rings (SSSR count). The van der Waals surface area contributed by atoms with Gasteiger partial charge >= 0.3 is 11.9 Å². The molecule has 29 heavy (non-hydrogen) atoms. The van der Waals surface area contributed by atoms with Gasteiger partial charge in [-0.1, -0.05) is 18.6 Å². The Morgan fingerprint density at radius 2 is 1.55 bits per heavy atom. The van der Waals surface area contributed by atoms with Crippen molar-refractivity contribution < 1.29 is 27.5 Å². The number of nitrogens with zero attached hydrogens (tertiary/aromatic N) is 1. The molecule has 154 valence electrons. The lowest BCUT2D eigenvalue weighted by Gasteiger charge is -2.25. The molecule has 0 radical (unpaired) electrons. The molecule has 0 bridgehead atoms. The Morgan fingerprint density at radius 3 is 2.14 bits per heavy atom. The lowest BCUT2D eigenvalue weighted by atomic mass is 10.1. The maximum Gasteiger partial charge on any atom is 0.343 e. The number of rotatable bonds is 6. The zero-order valence-corrected chi connectivity index (χ0v) is 17.0. The van der Waals surface area contributed by atoms with E-state index in [2.05, 4.69) is 4.74 Å². The van der Waals surface area contributed by atoms with Crippen LogP contribution in [0.1, 0.15) is 35.2 Å². The number of esters is 2. The van der Waals surface area contributed by atoms with Crippen LogP contribution in [0.4, 0.5) is 0 Å². The van der Waals surface area contributed by atoms with E-state index in [1.54, 1.807) is 24.3 Å². The summed E-state index contributed by atoms with van der Waals surface area (Å²) in [7, 11) is -2.22. The summed E-state index contributed by atoms with van der Waals surface area (Å²) in [4.78, 5) is 23.8. The van der Waals surface area contributed by atoms with Crippen LogP contribution in [0.5, 0.6) is 5.75 Å². The molecule has 0 saturated carbocycles. The number of benzene rings is 2. The summed E-state index contributed by atoms with van der Waals surface area (Å²) in [6, 6.07) is 12.3. The summed E-state index contributed by atoms with van der Waals surface area (Å²) < 4.78 is 36.7. The molecule has 0 amide bonds. The van der Waals surface area contributed by atoms with Crippen LogP contribution in [0.2, 0.25) is 0 Å². The molecule has 0 unspecified atom stereocenters. The van der Waals surface area contributed by atoms with Crippen LogP contribution in [0.15, 0.2) is 53.4 Å². The number of hydrogen-bond donors (Lipinski definition) is 0. The highest BCUT2D eigenvalue weighted by Crippen LogP contribution is 2.21. The van der Waals surface area contributed by atoms with Gasteiger partial charge in [0.2, 0.25) is 10.0 Å². The van der Waals surface area contributed by atoms with Gasteiger partial charge in [-0.05, 0) is 54.8 Å². The van der Waals surface area contributed by atoms with Crippen molar-refractivity contribution in [2.24, 2.45) is 0 Å². The summed E-state index contributed by atoms with van der Waals surface area (Å²) in [5.41, 5.74) is 0.991. The van der Waals surface area contributed by atoms with Crippen molar-refractivity contribution >= 4 is 22.0 Å². The molecule has 7 nitrogen and oxygen atoms in total. The predicted molar refractivity (Wildman–Crippen MR) is 106 cm³/mol. The smallest absolute Gasteiger partial charge is 0.343 e. The number of carbonyl (C=O) groups is 2. The second-order valence-electron chi connectivity index (χ2n) is 6.78. The van der Waals surface area contributed by atoms with Gasteiger partial charge in [0.15, 0.2) is 0 Å². The first-order valence-corrected chi connectivity index (χ1v) is 10.8. The van der Waals surface area contributed by atoms with E-state index in [1.807, 2.05) is 0 Å². The van der Waals surface area contributed by atoms with Gasteiger partial charge in [-0.2, -0.15) is 4.31 Å². The van der Waals surface area contributed by atoms with Crippen LogP contribution < -0.4 is 4.74 Å². The highest BCUT2D eigenvalue weighted by Gasteiger charge is 2.26. The molecule has 0 atom stereocenters. The van der Waals surface area contributed by atoms with Gasteiger partial charge in [-0.25, -0.2) is 13.2 Å². The average molecular weight is 417 g/mol. The number of piperidine rings is 1. The summed E-state index contributed by atoms with van der Waals surface area (Å²) >= 11 is 0. The van der Waals surface area contributed by atoms with E-state index in [4.69, 9.17) is 4.74 Å². The van der Waals surface area contributed by atoms with Crippen LogP contribution in [-0.2, 0) is 26.0 Å². The number of methoxy groups -OCH3 is 1. The Hall–Kier alpha value is -2.71. The van der Waals surface area contributed by atoms with Gasteiger partial charge in [0.05, 0.1) is 24.0 Å². The summed E-state index contributed by atoms with van der Waals surface area (Å²) in [5.74, 6) is -0.615. The third kappa shape index (κ3) is 5.21. The quantitative estimate of drug-likeness (QED) is 0.530. The van der Waals surface area contributed by atoms with Crippen molar-refractivity contribution in [3.8, 4) is 5.75 Å². The van der Waals surface area contributed by atoms with Crippen molar-refractivity contribution in [2.45, 2.75) is 30.6 Å². The molecule has 2 aromatic carbocycles. The number of sulfonamides is 1. The second-order valence-corrected chi connectivity index (χ2v) is 8.71. The average Bonchev–Trinajstić information content (AvgIpc) is 2.75. The highest BCUT2D eigenvalue weighted by molar-refractivity contribution is 7.89. The fourth-order valence-corrected chi connectivity index (χ4v) is 4.61. The van der Waals surface area contributed by atoms with Gasteiger partial charge < -0.3 is 9.47 Å². The van der Waals surface area contributed by atoms with Crippen molar-refractivity contribution in [3.05, 3.63) is 59.7 Å². The largest absolute Gasteiger partial charge is 0.469 e. The molecule has 1 aliphatic heterocycles. The summed E-state index contributed by atoms with van der Waals surface area (Å²) in [6.07, 6.45) is 2.91. The third-order valence-electron chi connectivity index (χ3n) is 4.75. The maximum atomic E-state index is 12.7. The topological polar surface area (TPSA) is 90.0 Å². The molecule has 8 heteroatoms. The fraction of sp³-hybridized carbons (Fsp3) is 0.333. The zero-order valence-electron chi connectivity index (χ0n) is 16.2. The van der Waals surface area contributed by atoms with Crippen LogP contribution in [0, 0.1) is 0 Å². The lowest BCUT2D eigenvalue weighted by Crippen LogP contribution is -2.35. The molecule has 1 aliphatic rings. The molecular formula is C21H23NO6S. The van der Waals surface area contributed by atoms with E-state index in [0.29, 0.717) is 18.8 Å². The monoisotopic (exact) mass is 417 g/mol. The van der Waals surface area contributed by atoms with Gasteiger partial charge in [0.1, 0.15) is 5.75 Å². The van der Waals surface area contributed by atoms with Crippen molar-refractivity contribution in [3.63, 3.8) is 0 Å².